The summed E-state index contributed by atoms with van der Waals surface area (Å²) in [4.78, 5) is 2.38. The number of nitrogens with one attached hydrogen (secondary N) is 1. The maximum atomic E-state index is 9.05. The van der Waals surface area contributed by atoms with Crippen LogP contribution in [0.1, 0.15) is 25.8 Å². The quantitative estimate of drug-likeness (QED) is 0.822. The van der Waals surface area contributed by atoms with Crippen molar-refractivity contribution in [1.29, 1.82) is 5.26 Å². The van der Waals surface area contributed by atoms with Crippen molar-refractivity contribution < 1.29 is 0 Å². The first-order valence-electron chi connectivity index (χ1n) is 6.37. The highest BCUT2D eigenvalue weighted by Crippen LogP contribution is 2.22. The monoisotopic (exact) mass is 265 g/mol. The number of benzene rings is 1. The van der Waals surface area contributed by atoms with Crippen LogP contribution in [0.2, 0.25) is 5.02 Å². The molecule has 98 valence electrons. The number of nitriles is 1. The highest BCUT2D eigenvalue weighted by atomic mass is 35.5. The molecular weight excluding hydrogens is 246 g/mol. The van der Waals surface area contributed by atoms with E-state index < -0.39 is 0 Å². The minimum atomic E-state index is 0.503. The number of rotatable bonds is 7. The van der Waals surface area contributed by atoms with Gasteiger partial charge in [-0.2, -0.15) is 5.26 Å². The van der Waals surface area contributed by atoms with Crippen molar-refractivity contribution in [3.8, 4) is 6.07 Å². The molecule has 0 aliphatic carbocycles. The average Bonchev–Trinajstić information content (AvgIpc) is 2.38. The summed E-state index contributed by atoms with van der Waals surface area (Å²) in [5.41, 5.74) is 1.34. The van der Waals surface area contributed by atoms with Crippen LogP contribution in [0, 0.1) is 11.3 Å². The molecule has 0 heterocycles. The van der Waals surface area contributed by atoms with Gasteiger partial charge in [-0.15, -0.1) is 0 Å². The second-order valence-electron chi connectivity index (χ2n) is 4.14. The van der Waals surface area contributed by atoms with Crippen LogP contribution in [0.4, 0.5) is 5.69 Å². The van der Waals surface area contributed by atoms with Gasteiger partial charge >= 0.3 is 0 Å². The first kappa shape index (κ1) is 14.8. The zero-order valence-corrected chi connectivity index (χ0v) is 11.8. The Kier molecular flexibility index (Phi) is 6.56. The lowest BCUT2D eigenvalue weighted by atomic mass is 10.2. The van der Waals surface area contributed by atoms with Gasteiger partial charge in [0.15, 0.2) is 0 Å². The van der Waals surface area contributed by atoms with Crippen LogP contribution in [0.5, 0.6) is 0 Å². The van der Waals surface area contributed by atoms with Crippen LogP contribution in [-0.4, -0.2) is 31.1 Å². The van der Waals surface area contributed by atoms with Gasteiger partial charge in [-0.1, -0.05) is 31.5 Å². The Labute approximate surface area is 114 Å². The largest absolute Gasteiger partial charge is 0.383 e. The van der Waals surface area contributed by atoms with Gasteiger partial charge in [0.1, 0.15) is 6.07 Å². The van der Waals surface area contributed by atoms with E-state index in [4.69, 9.17) is 16.9 Å². The van der Waals surface area contributed by atoms with Crippen LogP contribution in [0.3, 0.4) is 0 Å². The summed E-state index contributed by atoms with van der Waals surface area (Å²) in [5.74, 6) is 0. The number of likely N-dealkylation sites (N-methyl/N-ethyl adjacent to an activating group) is 1. The maximum Gasteiger partial charge on any atom is 0.103 e. The Morgan fingerprint density at radius 2 is 2.11 bits per heavy atom. The van der Waals surface area contributed by atoms with Gasteiger partial charge in [-0.05, 0) is 31.6 Å². The molecule has 0 saturated heterocycles. The number of hydrogen-bond acceptors (Lipinski definition) is 3. The second-order valence-corrected chi connectivity index (χ2v) is 4.54. The first-order valence-corrected chi connectivity index (χ1v) is 6.75. The molecule has 0 radical (unpaired) electrons. The third kappa shape index (κ3) is 4.21. The zero-order valence-electron chi connectivity index (χ0n) is 11.0. The topological polar surface area (TPSA) is 39.1 Å². The lowest BCUT2D eigenvalue weighted by Crippen LogP contribution is -2.29. The standard InChI is InChI=1S/C14H20ClN3/c1-3-9-18(4-2)10-8-17-14-7-5-6-13(15)12(14)11-16/h5-7,17H,3-4,8-10H2,1-2H3. The molecule has 1 rings (SSSR count). The number of anilines is 1. The van der Waals surface area contributed by atoms with Crippen LogP contribution in [0.25, 0.3) is 0 Å². The second kappa shape index (κ2) is 7.97. The predicted octanol–water partition coefficient (Wildman–Crippen LogP) is 3.36. The fourth-order valence-corrected chi connectivity index (χ4v) is 2.09. The fourth-order valence-electron chi connectivity index (χ4n) is 1.88. The summed E-state index contributed by atoms with van der Waals surface area (Å²) in [7, 11) is 0. The molecule has 1 aromatic carbocycles. The molecule has 0 aromatic heterocycles. The van der Waals surface area contributed by atoms with Crippen LogP contribution in [-0.2, 0) is 0 Å². The van der Waals surface area contributed by atoms with E-state index in [0.717, 1.165) is 38.3 Å². The van der Waals surface area contributed by atoms with Crippen molar-refractivity contribution in [2.45, 2.75) is 20.3 Å². The van der Waals surface area contributed by atoms with E-state index in [1.165, 1.54) is 0 Å². The third-order valence-electron chi connectivity index (χ3n) is 2.86. The molecule has 0 spiro atoms. The van der Waals surface area contributed by atoms with E-state index in [1.54, 1.807) is 6.07 Å². The van der Waals surface area contributed by atoms with E-state index in [9.17, 15) is 0 Å². The van der Waals surface area contributed by atoms with E-state index in [-0.39, 0.29) is 0 Å². The average molecular weight is 266 g/mol. The first-order chi connectivity index (χ1) is 8.72. The Bertz CT molecular complexity index is 412. The van der Waals surface area contributed by atoms with Crippen molar-refractivity contribution in [3.05, 3.63) is 28.8 Å². The third-order valence-corrected chi connectivity index (χ3v) is 3.17. The SMILES string of the molecule is CCCN(CC)CCNc1cccc(Cl)c1C#N. The molecule has 0 aliphatic rings. The molecule has 0 bridgehead atoms. The molecule has 18 heavy (non-hydrogen) atoms. The molecule has 0 atom stereocenters. The molecule has 1 aromatic rings. The zero-order chi connectivity index (χ0) is 13.4. The number of nitrogens with zero attached hydrogens (tertiary/aromatic N) is 2. The normalized spacial score (nSPS) is 10.4. The van der Waals surface area contributed by atoms with Crippen molar-refractivity contribution in [2.24, 2.45) is 0 Å². The Morgan fingerprint density at radius 1 is 1.33 bits per heavy atom. The Hall–Kier alpha value is -1.24. The summed E-state index contributed by atoms with van der Waals surface area (Å²) >= 11 is 5.98. The summed E-state index contributed by atoms with van der Waals surface area (Å²) < 4.78 is 0. The molecule has 0 fully saturated rings. The maximum absolute atomic E-state index is 9.05. The molecule has 1 N–H and O–H groups in total. The van der Waals surface area contributed by atoms with Crippen molar-refractivity contribution >= 4 is 17.3 Å². The van der Waals surface area contributed by atoms with Gasteiger partial charge in [-0.25, -0.2) is 0 Å². The van der Waals surface area contributed by atoms with E-state index in [1.807, 2.05) is 12.1 Å². The van der Waals surface area contributed by atoms with Gasteiger partial charge in [-0.3, -0.25) is 0 Å². The minimum absolute atomic E-state index is 0.503. The van der Waals surface area contributed by atoms with Gasteiger partial charge in [0, 0.05) is 13.1 Å². The lowest BCUT2D eigenvalue weighted by Gasteiger charge is -2.20. The summed E-state index contributed by atoms with van der Waals surface area (Å²) in [6, 6.07) is 7.62. The highest BCUT2D eigenvalue weighted by Gasteiger charge is 2.06. The Morgan fingerprint density at radius 3 is 2.72 bits per heavy atom. The van der Waals surface area contributed by atoms with Gasteiger partial charge in [0.25, 0.3) is 0 Å². The molecule has 4 heteroatoms. The molecule has 3 nitrogen and oxygen atoms in total. The summed E-state index contributed by atoms with van der Waals surface area (Å²) in [5, 5.41) is 12.8. The molecule has 0 saturated carbocycles. The molecule has 0 unspecified atom stereocenters. The van der Waals surface area contributed by atoms with Gasteiger partial charge in [0.05, 0.1) is 16.3 Å². The van der Waals surface area contributed by atoms with Crippen LogP contribution in [0.15, 0.2) is 18.2 Å². The van der Waals surface area contributed by atoms with E-state index in [2.05, 4.69) is 30.1 Å². The number of hydrogen-bond donors (Lipinski definition) is 1. The number of halogens is 1. The minimum Gasteiger partial charge on any atom is -0.383 e. The summed E-state index contributed by atoms with van der Waals surface area (Å²) in [6.07, 6.45) is 1.16. The highest BCUT2D eigenvalue weighted by molar-refractivity contribution is 6.32. The van der Waals surface area contributed by atoms with E-state index >= 15 is 0 Å². The molecule has 0 aliphatic heterocycles. The predicted molar refractivity (Wildman–Crippen MR) is 77.1 cm³/mol. The molecular formula is C14H20ClN3. The van der Waals surface area contributed by atoms with Crippen molar-refractivity contribution in [3.63, 3.8) is 0 Å². The van der Waals surface area contributed by atoms with E-state index in [0.29, 0.717) is 10.6 Å². The lowest BCUT2D eigenvalue weighted by molar-refractivity contribution is 0.300. The van der Waals surface area contributed by atoms with Crippen LogP contribution < -0.4 is 5.32 Å². The smallest absolute Gasteiger partial charge is 0.103 e. The van der Waals surface area contributed by atoms with Crippen molar-refractivity contribution in [1.82, 2.24) is 4.90 Å². The van der Waals surface area contributed by atoms with Gasteiger partial charge in [0.2, 0.25) is 0 Å². The van der Waals surface area contributed by atoms with Crippen molar-refractivity contribution in [2.75, 3.05) is 31.5 Å². The molecule has 0 amide bonds. The van der Waals surface area contributed by atoms with Gasteiger partial charge < -0.3 is 10.2 Å². The van der Waals surface area contributed by atoms with Crippen LogP contribution >= 0.6 is 11.6 Å². The Balaban J connectivity index is 2.54. The fraction of sp³-hybridized carbons (Fsp3) is 0.500. The summed E-state index contributed by atoms with van der Waals surface area (Å²) in [6.45, 7) is 8.30.